The number of aryl methyl sites for hydroxylation is 1. The zero-order valence-electron chi connectivity index (χ0n) is 15.4. The van der Waals surface area contributed by atoms with Gasteiger partial charge in [-0.2, -0.15) is 0 Å². The minimum Gasteiger partial charge on any atom is -0.349 e. The second-order valence-electron chi connectivity index (χ2n) is 7.11. The van der Waals surface area contributed by atoms with Crippen LogP contribution >= 0.6 is 0 Å². The maximum Gasteiger partial charge on any atom is 0.225 e. The zero-order valence-corrected chi connectivity index (χ0v) is 15.4. The third-order valence-corrected chi connectivity index (χ3v) is 4.74. The quantitative estimate of drug-likeness (QED) is 0.827. The lowest BCUT2D eigenvalue weighted by molar-refractivity contribution is -0.133. The number of nitrogens with one attached hydrogen (secondary N) is 1. The summed E-state index contributed by atoms with van der Waals surface area (Å²) in [5.74, 6) is -0.0277. The highest BCUT2D eigenvalue weighted by molar-refractivity contribution is 5.79. The molecule has 1 N–H and O–H groups in total. The summed E-state index contributed by atoms with van der Waals surface area (Å²) in [6.07, 6.45) is 2.41. The Kier molecular flexibility index (Phi) is 5.71. The van der Waals surface area contributed by atoms with Crippen molar-refractivity contribution in [2.75, 3.05) is 0 Å². The largest absolute Gasteiger partial charge is 0.349 e. The van der Waals surface area contributed by atoms with Gasteiger partial charge >= 0.3 is 0 Å². The molecule has 0 heterocycles. The van der Waals surface area contributed by atoms with E-state index in [1.807, 2.05) is 66.4 Å². The Labute approximate surface area is 155 Å². The Bertz CT molecular complexity index is 751. The summed E-state index contributed by atoms with van der Waals surface area (Å²) in [5, 5.41) is 2.94. The van der Waals surface area contributed by atoms with Gasteiger partial charge in [-0.25, -0.2) is 0 Å². The summed E-state index contributed by atoms with van der Waals surface area (Å²) in [4.78, 5) is 26.7. The lowest BCUT2D eigenvalue weighted by Gasteiger charge is -2.26. The van der Waals surface area contributed by atoms with Gasteiger partial charge in [0.25, 0.3) is 0 Å². The lowest BCUT2D eigenvalue weighted by Crippen LogP contribution is -2.36. The predicted octanol–water partition coefficient (Wildman–Crippen LogP) is 3.75. The molecule has 3 rings (SSSR count). The van der Waals surface area contributed by atoms with Crippen molar-refractivity contribution in [1.29, 1.82) is 0 Å². The van der Waals surface area contributed by atoms with Crippen LogP contribution < -0.4 is 5.32 Å². The monoisotopic (exact) mass is 350 g/mol. The molecule has 0 saturated heterocycles. The summed E-state index contributed by atoms with van der Waals surface area (Å²) >= 11 is 0. The second-order valence-corrected chi connectivity index (χ2v) is 7.11. The highest BCUT2D eigenvalue weighted by Gasteiger charge is 2.33. The molecule has 1 saturated carbocycles. The third kappa shape index (κ3) is 4.94. The van der Waals surface area contributed by atoms with Gasteiger partial charge in [-0.1, -0.05) is 60.2 Å². The van der Waals surface area contributed by atoms with E-state index in [0.29, 0.717) is 12.6 Å². The van der Waals surface area contributed by atoms with Crippen LogP contribution in [0.5, 0.6) is 0 Å². The fourth-order valence-corrected chi connectivity index (χ4v) is 3.18. The van der Waals surface area contributed by atoms with Crippen LogP contribution in [0.15, 0.2) is 54.6 Å². The lowest BCUT2D eigenvalue weighted by atomic mass is 10.0. The van der Waals surface area contributed by atoms with E-state index in [0.717, 1.165) is 29.5 Å². The van der Waals surface area contributed by atoms with Gasteiger partial charge in [-0.05, 0) is 30.9 Å². The van der Waals surface area contributed by atoms with Gasteiger partial charge < -0.3 is 10.2 Å². The normalized spacial score (nSPS) is 14.5. The number of hydrogen-bond acceptors (Lipinski definition) is 2. The number of nitrogens with zero attached hydrogens (tertiary/aromatic N) is 1. The van der Waals surface area contributed by atoms with Gasteiger partial charge in [-0.3, -0.25) is 9.59 Å². The number of carbonyl (C=O) groups is 2. The Balaban J connectivity index is 1.74. The van der Waals surface area contributed by atoms with Gasteiger partial charge in [0.2, 0.25) is 11.8 Å². The van der Waals surface area contributed by atoms with Gasteiger partial charge in [0.05, 0.1) is 12.5 Å². The van der Waals surface area contributed by atoms with Crippen LogP contribution in [0.2, 0.25) is 0 Å². The molecule has 2 amide bonds. The zero-order chi connectivity index (χ0) is 18.5. The van der Waals surface area contributed by atoms with E-state index in [1.54, 1.807) is 0 Å². The summed E-state index contributed by atoms with van der Waals surface area (Å²) in [5.41, 5.74) is 3.26. The first kappa shape index (κ1) is 18.2. The summed E-state index contributed by atoms with van der Waals surface area (Å²) in [7, 11) is 0. The van der Waals surface area contributed by atoms with Crippen LogP contribution in [-0.4, -0.2) is 22.8 Å². The van der Waals surface area contributed by atoms with Crippen LogP contribution in [0.25, 0.3) is 0 Å². The molecule has 0 aromatic heterocycles. The number of amides is 2. The summed E-state index contributed by atoms with van der Waals surface area (Å²) in [6.45, 7) is 4.15. The summed E-state index contributed by atoms with van der Waals surface area (Å²) in [6, 6.07) is 18.1. The van der Waals surface area contributed by atoms with Gasteiger partial charge in [0.15, 0.2) is 0 Å². The molecule has 136 valence electrons. The number of rotatable bonds is 7. The fourth-order valence-electron chi connectivity index (χ4n) is 3.18. The average Bonchev–Trinajstić information content (AvgIpc) is 3.45. The molecular weight excluding hydrogens is 324 g/mol. The highest BCUT2D eigenvalue weighted by Crippen LogP contribution is 2.30. The van der Waals surface area contributed by atoms with Crippen molar-refractivity contribution in [2.24, 2.45) is 0 Å². The Hall–Kier alpha value is -2.62. The molecule has 1 aliphatic rings. The standard InChI is InChI=1S/C22H26N2O2/c1-16-8-10-19(11-9-16)21(23-17(2)25)14-22(26)24(20-12-13-20)15-18-6-4-3-5-7-18/h3-11,20-21H,12-15H2,1-2H3,(H,23,25). The molecule has 0 spiro atoms. The molecule has 1 unspecified atom stereocenters. The summed E-state index contributed by atoms with van der Waals surface area (Å²) < 4.78 is 0. The second kappa shape index (κ2) is 8.17. The SMILES string of the molecule is CC(=O)NC(CC(=O)N(Cc1ccccc1)C1CC1)c1ccc(C)cc1. The molecule has 2 aromatic rings. The first-order chi connectivity index (χ1) is 12.5. The van der Waals surface area contributed by atoms with Gasteiger partial charge in [0.1, 0.15) is 0 Å². The van der Waals surface area contributed by atoms with Crippen molar-refractivity contribution in [3.05, 3.63) is 71.3 Å². The van der Waals surface area contributed by atoms with Gasteiger partial charge in [-0.15, -0.1) is 0 Å². The van der Waals surface area contributed by atoms with Crippen LogP contribution in [0, 0.1) is 6.92 Å². The minimum absolute atomic E-state index is 0.0932. The van der Waals surface area contributed by atoms with Crippen LogP contribution in [0.3, 0.4) is 0 Å². The minimum atomic E-state index is -0.294. The predicted molar refractivity (Wildman–Crippen MR) is 102 cm³/mol. The molecule has 26 heavy (non-hydrogen) atoms. The molecule has 1 fully saturated rings. The van der Waals surface area contributed by atoms with Crippen molar-refractivity contribution in [1.82, 2.24) is 10.2 Å². The highest BCUT2D eigenvalue weighted by atomic mass is 16.2. The van der Waals surface area contributed by atoms with Crippen LogP contribution in [0.4, 0.5) is 0 Å². The molecule has 2 aromatic carbocycles. The van der Waals surface area contributed by atoms with Crippen LogP contribution in [0.1, 0.15) is 48.9 Å². The van der Waals surface area contributed by atoms with E-state index in [9.17, 15) is 9.59 Å². The Morgan fingerprint density at radius 1 is 1.08 bits per heavy atom. The molecule has 1 aliphatic carbocycles. The third-order valence-electron chi connectivity index (χ3n) is 4.74. The first-order valence-corrected chi connectivity index (χ1v) is 9.20. The van der Waals surface area contributed by atoms with E-state index < -0.39 is 0 Å². The molecule has 4 heteroatoms. The van der Waals surface area contributed by atoms with E-state index in [4.69, 9.17) is 0 Å². The molecule has 0 radical (unpaired) electrons. The molecule has 0 bridgehead atoms. The number of benzene rings is 2. The van der Waals surface area contributed by atoms with E-state index in [2.05, 4.69) is 5.32 Å². The fraction of sp³-hybridized carbons (Fsp3) is 0.364. The number of carbonyl (C=O) groups excluding carboxylic acids is 2. The molecule has 0 aliphatic heterocycles. The van der Waals surface area contributed by atoms with Crippen LogP contribution in [-0.2, 0) is 16.1 Å². The first-order valence-electron chi connectivity index (χ1n) is 9.20. The van der Waals surface area contributed by atoms with Crippen molar-refractivity contribution < 1.29 is 9.59 Å². The van der Waals surface area contributed by atoms with Crippen molar-refractivity contribution in [3.8, 4) is 0 Å². The average molecular weight is 350 g/mol. The Morgan fingerprint density at radius 2 is 1.73 bits per heavy atom. The molecular formula is C22H26N2O2. The Morgan fingerprint density at radius 3 is 2.31 bits per heavy atom. The molecule has 1 atom stereocenters. The smallest absolute Gasteiger partial charge is 0.225 e. The van der Waals surface area contributed by atoms with Crippen molar-refractivity contribution in [3.63, 3.8) is 0 Å². The van der Waals surface area contributed by atoms with Crippen molar-refractivity contribution in [2.45, 2.75) is 51.7 Å². The van der Waals surface area contributed by atoms with E-state index in [-0.39, 0.29) is 24.3 Å². The van der Waals surface area contributed by atoms with Gasteiger partial charge in [0, 0.05) is 19.5 Å². The van der Waals surface area contributed by atoms with Crippen molar-refractivity contribution >= 4 is 11.8 Å². The number of hydrogen-bond donors (Lipinski definition) is 1. The molecule has 4 nitrogen and oxygen atoms in total. The maximum absolute atomic E-state index is 13.0. The topological polar surface area (TPSA) is 49.4 Å². The van der Waals surface area contributed by atoms with E-state index in [1.165, 1.54) is 6.92 Å². The maximum atomic E-state index is 13.0. The van der Waals surface area contributed by atoms with E-state index >= 15 is 0 Å².